The fourth-order valence-corrected chi connectivity index (χ4v) is 2.69. The molecule has 0 radical (unpaired) electrons. The summed E-state index contributed by atoms with van der Waals surface area (Å²) in [7, 11) is 1.44. The van der Waals surface area contributed by atoms with Crippen LogP contribution in [-0.4, -0.2) is 24.3 Å². The number of hydrogen-bond acceptors (Lipinski definition) is 3. The van der Waals surface area contributed by atoms with Crippen molar-refractivity contribution in [3.8, 4) is 0 Å². The lowest BCUT2D eigenvalue weighted by atomic mass is 9.87. The molecule has 0 aromatic heterocycles. The molecule has 12 heavy (non-hydrogen) atoms. The molecule has 2 bridgehead atoms. The Morgan fingerprint density at radius 3 is 2.50 bits per heavy atom. The summed E-state index contributed by atoms with van der Waals surface area (Å²) in [6.45, 7) is 0. The number of carbonyl (C=O) groups is 1. The number of esters is 1. The third-order valence-electron chi connectivity index (χ3n) is 3.32. The summed E-state index contributed by atoms with van der Waals surface area (Å²) < 4.78 is 4.70. The third-order valence-corrected chi connectivity index (χ3v) is 3.32. The van der Waals surface area contributed by atoms with Crippen LogP contribution >= 0.6 is 0 Å². The van der Waals surface area contributed by atoms with Crippen LogP contribution in [0, 0.1) is 17.8 Å². The predicted molar refractivity (Wildman–Crippen MR) is 42.3 cm³/mol. The van der Waals surface area contributed by atoms with Crippen LogP contribution in [0.2, 0.25) is 0 Å². The number of fused-ring (bicyclic) bond motifs is 2. The van der Waals surface area contributed by atoms with E-state index in [1.54, 1.807) is 0 Å². The van der Waals surface area contributed by atoms with E-state index in [4.69, 9.17) is 4.74 Å². The molecule has 0 aromatic carbocycles. The second-order valence-electron chi connectivity index (χ2n) is 3.92. The van der Waals surface area contributed by atoms with Gasteiger partial charge in [-0.15, -0.1) is 0 Å². The number of methoxy groups -OCH3 is 1. The van der Waals surface area contributed by atoms with Gasteiger partial charge in [0, 0.05) is 0 Å². The van der Waals surface area contributed by atoms with Crippen LogP contribution in [0.5, 0.6) is 0 Å². The van der Waals surface area contributed by atoms with Crippen molar-refractivity contribution in [1.29, 1.82) is 0 Å². The molecular weight excluding hydrogens is 156 g/mol. The van der Waals surface area contributed by atoms with Crippen LogP contribution < -0.4 is 0 Å². The number of rotatable bonds is 1. The van der Waals surface area contributed by atoms with Gasteiger partial charge in [-0.2, -0.15) is 0 Å². The Hall–Kier alpha value is -0.570. The van der Waals surface area contributed by atoms with Crippen LogP contribution in [0.4, 0.5) is 0 Å². The number of carbonyl (C=O) groups excluding carboxylic acids is 1. The Balaban J connectivity index is 2.02. The molecule has 2 rings (SSSR count). The largest absolute Gasteiger partial charge is 0.469 e. The molecule has 0 amide bonds. The summed E-state index contributed by atoms with van der Waals surface area (Å²) in [6, 6.07) is 0. The first-order valence-electron chi connectivity index (χ1n) is 4.48. The Morgan fingerprint density at radius 1 is 1.33 bits per heavy atom. The highest BCUT2D eigenvalue weighted by molar-refractivity contribution is 5.73. The van der Waals surface area contributed by atoms with Crippen molar-refractivity contribution in [3.05, 3.63) is 0 Å². The van der Waals surface area contributed by atoms with Crippen LogP contribution in [0.1, 0.15) is 19.3 Å². The first-order chi connectivity index (χ1) is 5.72. The van der Waals surface area contributed by atoms with Crippen LogP contribution in [0.25, 0.3) is 0 Å². The number of hydrogen-bond donors (Lipinski definition) is 1. The Kier molecular flexibility index (Phi) is 1.83. The Labute approximate surface area is 71.7 Å². The number of aliphatic hydroxyl groups is 1. The minimum atomic E-state index is -0.157. The van der Waals surface area contributed by atoms with Gasteiger partial charge in [-0.1, -0.05) is 0 Å². The van der Waals surface area contributed by atoms with Gasteiger partial charge in [-0.05, 0) is 31.1 Å². The quantitative estimate of drug-likeness (QED) is 0.585. The minimum absolute atomic E-state index is 0.0726. The van der Waals surface area contributed by atoms with Crippen LogP contribution in [0.15, 0.2) is 0 Å². The molecule has 0 spiro atoms. The summed E-state index contributed by atoms with van der Waals surface area (Å²) in [5, 5.41) is 9.44. The zero-order valence-corrected chi connectivity index (χ0v) is 7.19. The molecule has 4 unspecified atom stereocenters. The van der Waals surface area contributed by atoms with Crippen molar-refractivity contribution in [2.45, 2.75) is 25.4 Å². The van der Waals surface area contributed by atoms with E-state index in [1.165, 1.54) is 7.11 Å². The average molecular weight is 170 g/mol. The monoisotopic (exact) mass is 170 g/mol. The predicted octanol–water partition coefficient (Wildman–Crippen LogP) is 0.566. The van der Waals surface area contributed by atoms with E-state index in [9.17, 15) is 9.90 Å². The molecule has 68 valence electrons. The minimum Gasteiger partial charge on any atom is -0.469 e. The first-order valence-corrected chi connectivity index (χ1v) is 4.48. The van der Waals surface area contributed by atoms with E-state index in [0.717, 1.165) is 19.3 Å². The van der Waals surface area contributed by atoms with Crippen molar-refractivity contribution in [2.75, 3.05) is 7.11 Å². The average Bonchev–Trinajstić information content (AvgIpc) is 2.60. The van der Waals surface area contributed by atoms with E-state index < -0.39 is 0 Å². The maximum absolute atomic E-state index is 11.2. The highest BCUT2D eigenvalue weighted by atomic mass is 16.5. The van der Waals surface area contributed by atoms with Gasteiger partial charge in [-0.3, -0.25) is 4.79 Å². The Morgan fingerprint density at radius 2 is 2.08 bits per heavy atom. The topological polar surface area (TPSA) is 46.5 Å². The SMILES string of the molecule is COC(=O)C1CC2CC1CC2O. The molecule has 2 fully saturated rings. The zero-order valence-electron chi connectivity index (χ0n) is 7.19. The second-order valence-corrected chi connectivity index (χ2v) is 3.92. The molecule has 3 nitrogen and oxygen atoms in total. The Bertz CT molecular complexity index is 200. The molecule has 0 aliphatic heterocycles. The van der Waals surface area contributed by atoms with Crippen molar-refractivity contribution >= 4 is 5.97 Å². The van der Waals surface area contributed by atoms with Gasteiger partial charge in [0.15, 0.2) is 0 Å². The standard InChI is InChI=1S/C9H14O3/c1-12-9(11)7-3-6-2-5(7)4-8(6)10/h5-8,10H,2-4H2,1H3. The lowest BCUT2D eigenvalue weighted by Gasteiger charge is -2.22. The molecule has 2 saturated carbocycles. The maximum Gasteiger partial charge on any atom is 0.308 e. The summed E-state index contributed by atoms with van der Waals surface area (Å²) in [5.41, 5.74) is 0. The van der Waals surface area contributed by atoms with Gasteiger partial charge < -0.3 is 9.84 Å². The second kappa shape index (κ2) is 2.73. The molecule has 0 aromatic rings. The van der Waals surface area contributed by atoms with E-state index in [1.807, 2.05) is 0 Å². The van der Waals surface area contributed by atoms with Gasteiger partial charge in [0.1, 0.15) is 0 Å². The van der Waals surface area contributed by atoms with E-state index >= 15 is 0 Å². The number of aliphatic hydroxyl groups excluding tert-OH is 1. The summed E-state index contributed by atoms with van der Waals surface area (Å²) in [5.74, 6) is 0.731. The van der Waals surface area contributed by atoms with Crippen molar-refractivity contribution in [2.24, 2.45) is 17.8 Å². The van der Waals surface area contributed by atoms with Crippen LogP contribution in [0.3, 0.4) is 0 Å². The first kappa shape index (κ1) is 8.05. The third kappa shape index (κ3) is 1.04. The van der Waals surface area contributed by atoms with Crippen molar-refractivity contribution in [1.82, 2.24) is 0 Å². The highest BCUT2D eigenvalue weighted by Gasteiger charge is 2.48. The molecular formula is C9H14O3. The summed E-state index contributed by atoms with van der Waals surface area (Å²) >= 11 is 0. The van der Waals surface area contributed by atoms with Gasteiger partial charge in [-0.25, -0.2) is 0 Å². The molecule has 4 atom stereocenters. The molecule has 1 N–H and O–H groups in total. The van der Waals surface area contributed by atoms with E-state index in [-0.39, 0.29) is 18.0 Å². The fraction of sp³-hybridized carbons (Fsp3) is 0.889. The van der Waals surface area contributed by atoms with Crippen LogP contribution in [-0.2, 0) is 9.53 Å². The molecule has 0 saturated heterocycles. The molecule has 2 aliphatic rings. The highest BCUT2D eigenvalue weighted by Crippen LogP contribution is 2.48. The summed E-state index contributed by atoms with van der Waals surface area (Å²) in [4.78, 5) is 11.2. The maximum atomic E-state index is 11.2. The van der Waals surface area contributed by atoms with E-state index in [2.05, 4.69) is 0 Å². The van der Waals surface area contributed by atoms with Gasteiger partial charge in [0.05, 0.1) is 19.1 Å². The molecule has 3 heteroatoms. The summed E-state index contributed by atoms with van der Waals surface area (Å²) in [6.07, 6.45) is 2.49. The zero-order chi connectivity index (χ0) is 8.72. The lowest BCUT2D eigenvalue weighted by molar-refractivity contribution is -0.147. The van der Waals surface area contributed by atoms with Gasteiger partial charge in [0.2, 0.25) is 0 Å². The fourth-order valence-electron chi connectivity index (χ4n) is 2.69. The molecule has 2 aliphatic carbocycles. The van der Waals surface area contributed by atoms with E-state index in [0.29, 0.717) is 11.8 Å². The lowest BCUT2D eigenvalue weighted by Crippen LogP contribution is -2.27. The van der Waals surface area contributed by atoms with Gasteiger partial charge >= 0.3 is 5.97 Å². The smallest absolute Gasteiger partial charge is 0.308 e. The molecule has 0 heterocycles. The normalized spacial score (nSPS) is 44.8. The van der Waals surface area contributed by atoms with Gasteiger partial charge in [0.25, 0.3) is 0 Å². The van der Waals surface area contributed by atoms with Crippen molar-refractivity contribution in [3.63, 3.8) is 0 Å². The van der Waals surface area contributed by atoms with Crippen molar-refractivity contribution < 1.29 is 14.6 Å². The number of ether oxygens (including phenoxy) is 1.